The molecule has 2 amide bonds. The number of carbonyl (C=O) groups excluding carboxylic acids is 2. The number of ether oxygens (including phenoxy) is 1. The van der Waals surface area contributed by atoms with Crippen molar-refractivity contribution in [3.8, 4) is 0 Å². The summed E-state index contributed by atoms with van der Waals surface area (Å²) in [7, 11) is 0. The van der Waals surface area contributed by atoms with Crippen molar-refractivity contribution in [2.24, 2.45) is 0 Å². The number of hydroxylamine groups is 1. The van der Waals surface area contributed by atoms with E-state index in [1.165, 1.54) is 4.90 Å². The predicted octanol–water partition coefficient (Wildman–Crippen LogP) is 2.59. The van der Waals surface area contributed by atoms with Gasteiger partial charge in [-0.05, 0) is 47.0 Å². The van der Waals surface area contributed by atoms with Gasteiger partial charge in [-0.2, -0.15) is 0 Å². The van der Waals surface area contributed by atoms with E-state index in [1.54, 1.807) is 6.20 Å². The van der Waals surface area contributed by atoms with E-state index in [-0.39, 0.29) is 18.6 Å². The highest BCUT2D eigenvalue weighted by molar-refractivity contribution is 9.11. The number of amides is 2. The van der Waals surface area contributed by atoms with Gasteiger partial charge in [0.1, 0.15) is 23.4 Å². The molecule has 2 N–H and O–H groups in total. The second-order valence-corrected chi connectivity index (χ2v) is 7.81. The molecule has 1 fully saturated rings. The van der Waals surface area contributed by atoms with Crippen LogP contribution in [0, 0.1) is 0 Å². The van der Waals surface area contributed by atoms with Crippen molar-refractivity contribution in [1.82, 2.24) is 20.7 Å². The molecule has 2 aliphatic heterocycles. The number of para-hydroxylation sites is 1. The van der Waals surface area contributed by atoms with Crippen LogP contribution in [0.4, 0.5) is 4.79 Å². The smallest absolute Gasteiger partial charge is 0.410 e. The normalized spacial score (nSPS) is 21.0. The maximum atomic E-state index is 12.6. The van der Waals surface area contributed by atoms with E-state index in [0.29, 0.717) is 19.5 Å². The van der Waals surface area contributed by atoms with Gasteiger partial charge in [-0.25, -0.2) is 4.79 Å². The number of likely N-dealkylation sites (tertiary alicyclic amines) is 1. The third-order valence-electron chi connectivity index (χ3n) is 4.92. The molecular formula is C20H21BrN4O4. The lowest BCUT2D eigenvalue weighted by Gasteiger charge is -2.23. The monoisotopic (exact) mass is 460 g/mol. The minimum absolute atomic E-state index is 0.113. The van der Waals surface area contributed by atoms with Crippen molar-refractivity contribution in [3.63, 3.8) is 0 Å². The second kappa shape index (κ2) is 8.79. The van der Waals surface area contributed by atoms with Crippen molar-refractivity contribution in [3.05, 3.63) is 52.8 Å². The minimum atomic E-state index is -0.529. The molecule has 0 radical (unpaired) electrons. The van der Waals surface area contributed by atoms with Gasteiger partial charge >= 0.3 is 6.09 Å². The first kappa shape index (κ1) is 19.7. The molecule has 0 bridgehead atoms. The predicted molar refractivity (Wildman–Crippen MR) is 110 cm³/mol. The average molecular weight is 461 g/mol. The van der Waals surface area contributed by atoms with Crippen LogP contribution in [0.25, 0.3) is 10.9 Å². The van der Waals surface area contributed by atoms with Gasteiger partial charge in [0.25, 0.3) is 0 Å². The second-order valence-electron chi connectivity index (χ2n) is 6.96. The lowest BCUT2D eigenvalue weighted by Crippen LogP contribution is -2.47. The van der Waals surface area contributed by atoms with Crippen LogP contribution in [0.15, 0.2) is 47.2 Å². The van der Waals surface area contributed by atoms with E-state index in [4.69, 9.17) is 9.57 Å². The van der Waals surface area contributed by atoms with Crippen molar-refractivity contribution in [1.29, 1.82) is 0 Å². The van der Waals surface area contributed by atoms with E-state index in [1.807, 2.05) is 36.4 Å². The zero-order valence-corrected chi connectivity index (χ0v) is 17.2. The molecule has 1 unspecified atom stereocenters. The zero-order valence-electron chi connectivity index (χ0n) is 15.6. The summed E-state index contributed by atoms with van der Waals surface area (Å²) >= 11 is 3.27. The number of pyridine rings is 1. The standard InChI is InChI=1S/C20H21BrN4O4/c21-18-9-15(29-24-18)11-23-19(26)17-6-3-7-25(17)20(27)28-12-13-8-14-4-1-2-5-16(14)22-10-13/h1-2,4-5,8-10,15,17,24H,3,6-7,11-12H2,(H,23,26)/t15-,17?/m1/s1. The molecule has 2 atom stereocenters. The Morgan fingerprint density at radius 3 is 3.07 bits per heavy atom. The highest BCUT2D eigenvalue weighted by Crippen LogP contribution is 2.20. The molecule has 152 valence electrons. The van der Waals surface area contributed by atoms with Crippen LogP contribution < -0.4 is 10.8 Å². The fourth-order valence-corrected chi connectivity index (χ4v) is 3.85. The maximum absolute atomic E-state index is 12.6. The largest absolute Gasteiger partial charge is 0.444 e. The Balaban J connectivity index is 1.31. The Morgan fingerprint density at radius 1 is 1.38 bits per heavy atom. The van der Waals surface area contributed by atoms with Crippen molar-refractivity contribution in [2.45, 2.75) is 31.6 Å². The first-order chi connectivity index (χ1) is 14.1. The number of nitrogens with one attached hydrogen (secondary N) is 2. The molecule has 8 nitrogen and oxygen atoms in total. The summed E-state index contributed by atoms with van der Waals surface area (Å²) in [5, 5.41) is 3.83. The van der Waals surface area contributed by atoms with Gasteiger partial charge in [0.05, 0.1) is 12.1 Å². The van der Waals surface area contributed by atoms with Crippen LogP contribution in [0.1, 0.15) is 18.4 Å². The number of aromatic nitrogens is 1. The number of hydrogen-bond donors (Lipinski definition) is 2. The molecular weight excluding hydrogens is 440 g/mol. The van der Waals surface area contributed by atoms with Gasteiger partial charge in [-0.15, -0.1) is 0 Å². The van der Waals surface area contributed by atoms with Gasteiger partial charge in [0.15, 0.2) is 0 Å². The fourth-order valence-electron chi connectivity index (χ4n) is 3.46. The van der Waals surface area contributed by atoms with E-state index in [9.17, 15) is 9.59 Å². The summed E-state index contributed by atoms with van der Waals surface area (Å²) in [6.45, 7) is 0.935. The molecule has 0 aliphatic carbocycles. The quantitative estimate of drug-likeness (QED) is 0.666. The molecule has 2 aromatic rings. The van der Waals surface area contributed by atoms with Crippen LogP contribution in [-0.4, -0.2) is 47.1 Å². The minimum Gasteiger partial charge on any atom is -0.444 e. The molecule has 0 saturated carbocycles. The molecule has 1 aromatic carbocycles. The first-order valence-electron chi connectivity index (χ1n) is 9.44. The number of nitrogens with zero attached hydrogens (tertiary/aromatic N) is 2. The van der Waals surface area contributed by atoms with Crippen LogP contribution in [0.2, 0.25) is 0 Å². The van der Waals surface area contributed by atoms with E-state index in [2.05, 4.69) is 31.7 Å². The van der Waals surface area contributed by atoms with Crippen LogP contribution >= 0.6 is 15.9 Å². The summed E-state index contributed by atoms with van der Waals surface area (Å²) in [6.07, 6.45) is 4.15. The zero-order chi connectivity index (χ0) is 20.2. The number of hydrogen-bond acceptors (Lipinski definition) is 6. The Morgan fingerprint density at radius 2 is 2.24 bits per heavy atom. The molecule has 1 aromatic heterocycles. The maximum Gasteiger partial charge on any atom is 0.410 e. The average Bonchev–Trinajstić information content (AvgIpc) is 3.39. The molecule has 3 heterocycles. The lowest BCUT2D eigenvalue weighted by atomic mass is 10.2. The first-order valence-corrected chi connectivity index (χ1v) is 10.2. The Labute approximate surface area is 176 Å². The van der Waals surface area contributed by atoms with Gasteiger partial charge in [-0.3, -0.25) is 25.0 Å². The summed E-state index contributed by atoms with van der Waals surface area (Å²) in [5.74, 6) is -0.202. The number of fused-ring (bicyclic) bond motifs is 1. The molecule has 4 rings (SSSR count). The third-order valence-corrected chi connectivity index (χ3v) is 5.34. The Kier molecular flexibility index (Phi) is 5.96. The van der Waals surface area contributed by atoms with Gasteiger partial charge in [0.2, 0.25) is 5.91 Å². The molecule has 29 heavy (non-hydrogen) atoms. The Hall–Kier alpha value is -2.65. The van der Waals surface area contributed by atoms with Gasteiger partial charge in [-0.1, -0.05) is 18.2 Å². The lowest BCUT2D eigenvalue weighted by molar-refractivity contribution is -0.125. The highest BCUT2D eigenvalue weighted by Gasteiger charge is 2.35. The van der Waals surface area contributed by atoms with E-state index in [0.717, 1.165) is 27.5 Å². The van der Waals surface area contributed by atoms with Crippen LogP contribution in [0.5, 0.6) is 0 Å². The van der Waals surface area contributed by atoms with Crippen molar-refractivity contribution in [2.75, 3.05) is 13.1 Å². The van der Waals surface area contributed by atoms with Gasteiger partial charge < -0.3 is 10.1 Å². The van der Waals surface area contributed by atoms with Crippen LogP contribution in [-0.2, 0) is 21.0 Å². The third kappa shape index (κ3) is 4.68. The number of halogens is 1. The number of rotatable bonds is 5. The van der Waals surface area contributed by atoms with Crippen molar-refractivity contribution < 1.29 is 19.2 Å². The van der Waals surface area contributed by atoms with E-state index >= 15 is 0 Å². The summed E-state index contributed by atoms with van der Waals surface area (Å²) in [6, 6.07) is 9.18. The fraction of sp³-hybridized carbons (Fsp3) is 0.350. The number of benzene rings is 1. The van der Waals surface area contributed by atoms with Crippen molar-refractivity contribution >= 4 is 38.8 Å². The molecule has 2 aliphatic rings. The molecule has 9 heteroatoms. The molecule has 1 saturated heterocycles. The SMILES string of the molecule is O=C(NC[C@H]1C=C(Br)NO1)C1CCCN1C(=O)OCc1cnc2ccccc2c1. The van der Waals surface area contributed by atoms with E-state index < -0.39 is 12.1 Å². The Bertz CT molecular complexity index is 951. The van der Waals surface area contributed by atoms with Gasteiger partial charge in [0, 0.05) is 23.7 Å². The topological polar surface area (TPSA) is 92.8 Å². The summed E-state index contributed by atoms with van der Waals surface area (Å²) in [4.78, 5) is 36.2. The molecule has 0 spiro atoms. The number of carbonyl (C=O) groups is 2. The summed E-state index contributed by atoms with van der Waals surface area (Å²) in [5.41, 5.74) is 4.37. The highest BCUT2D eigenvalue weighted by atomic mass is 79.9. The summed E-state index contributed by atoms with van der Waals surface area (Å²) < 4.78 is 6.18. The van der Waals surface area contributed by atoms with Crippen LogP contribution in [0.3, 0.4) is 0 Å².